The summed E-state index contributed by atoms with van der Waals surface area (Å²) < 4.78 is 9.32. The Labute approximate surface area is 116 Å². The SMILES string of the molecule is Cc1nsc(NC(=O)c2ccccc2OCBr)n1. The fraction of sp³-hybridized carbons (Fsp3) is 0.182. The summed E-state index contributed by atoms with van der Waals surface area (Å²) in [7, 11) is 0. The van der Waals surface area contributed by atoms with Crippen LogP contribution in [-0.2, 0) is 0 Å². The Hall–Kier alpha value is -1.47. The Morgan fingerprint density at radius 1 is 1.50 bits per heavy atom. The topological polar surface area (TPSA) is 64.1 Å². The first-order valence-electron chi connectivity index (χ1n) is 5.10. The summed E-state index contributed by atoms with van der Waals surface area (Å²) in [5.41, 5.74) is 0.791. The highest BCUT2D eigenvalue weighted by atomic mass is 79.9. The second kappa shape index (κ2) is 5.92. The lowest BCUT2D eigenvalue weighted by Gasteiger charge is -2.08. The summed E-state index contributed by atoms with van der Waals surface area (Å²) in [5.74, 6) is 0.899. The van der Waals surface area contributed by atoms with Crippen molar-refractivity contribution >= 4 is 38.5 Å². The molecule has 0 fully saturated rings. The molecule has 0 saturated heterocycles. The molecular weight excluding hydrogens is 318 g/mol. The van der Waals surface area contributed by atoms with Gasteiger partial charge in [0.05, 0.1) is 5.56 Å². The van der Waals surface area contributed by atoms with Crippen LogP contribution in [0.4, 0.5) is 5.13 Å². The number of nitrogens with one attached hydrogen (secondary N) is 1. The maximum atomic E-state index is 12.1. The molecule has 0 aliphatic rings. The van der Waals surface area contributed by atoms with Gasteiger partial charge in [0.15, 0.2) is 0 Å². The Kier molecular flexibility index (Phi) is 4.27. The number of rotatable bonds is 4. The summed E-state index contributed by atoms with van der Waals surface area (Å²) in [6.45, 7) is 1.77. The molecule has 1 N–H and O–H groups in total. The number of alkyl halides is 1. The molecule has 1 heterocycles. The van der Waals surface area contributed by atoms with E-state index in [2.05, 4.69) is 30.6 Å². The van der Waals surface area contributed by atoms with Gasteiger partial charge in [-0.2, -0.15) is 4.37 Å². The van der Waals surface area contributed by atoms with E-state index in [1.165, 1.54) is 0 Å². The van der Waals surface area contributed by atoms with Crippen LogP contribution >= 0.6 is 27.5 Å². The average molecular weight is 328 g/mol. The van der Waals surface area contributed by atoms with Gasteiger partial charge in [0, 0.05) is 11.5 Å². The molecule has 0 spiro atoms. The third-order valence-corrected chi connectivity index (χ3v) is 3.04. The molecule has 2 rings (SSSR count). The Morgan fingerprint density at radius 3 is 2.94 bits per heavy atom. The van der Waals surface area contributed by atoms with Crippen LogP contribution in [0.25, 0.3) is 0 Å². The summed E-state index contributed by atoms with van der Waals surface area (Å²) in [6, 6.07) is 7.02. The van der Waals surface area contributed by atoms with Crippen LogP contribution in [0.5, 0.6) is 5.75 Å². The van der Waals surface area contributed by atoms with Crippen molar-refractivity contribution in [3.05, 3.63) is 35.7 Å². The van der Waals surface area contributed by atoms with Crippen molar-refractivity contribution in [3.8, 4) is 5.75 Å². The van der Waals surface area contributed by atoms with Crippen LogP contribution in [0.2, 0.25) is 0 Å². The first-order valence-corrected chi connectivity index (χ1v) is 6.99. The van der Waals surface area contributed by atoms with Gasteiger partial charge < -0.3 is 4.74 Å². The molecule has 0 radical (unpaired) electrons. The van der Waals surface area contributed by atoms with Crippen LogP contribution in [0.1, 0.15) is 16.2 Å². The molecular formula is C11H10BrN3O2S. The zero-order valence-electron chi connectivity index (χ0n) is 9.51. The number of aryl methyl sites for hydroxylation is 1. The first-order chi connectivity index (χ1) is 8.70. The predicted octanol–water partition coefficient (Wildman–Crippen LogP) is 2.83. The highest BCUT2D eigenvalue weighted by Crippen LogP contribution is 2.20. The number of carbonyl (C=O) groups excluding carboxylic acids is 1. The van der Waals surface area contributed by atoms with Gasteiger partial charge in [0.2, 0.25) is 5.13 Å². The minimum atomic E-state index is -0.261. The highest BCUT2D eigenvalue weighted by Gasteiger charge is 2.13. The van der Waals surface area contributed by atoms with Gasteiger partial charge >= 0.3 is 0 Å². The van der Waals surface area contributed by atoms with Gasteiger partial charge in [-0.25, -0.2) is 4.98 Å². The van der Waals surface area contributed by atoms with E-state index in [0.717, 1.165) is 11.5 Å². The summed E-state index contributed by atoms with van der Waals surface area (Å²) in [6.07, 6.45) is 0. The van der Waals surface area contributed by atoms with Crippen LogP contribution in [0.3, 0.4) is 0 Å². The Morgan fingerprint density at radius 2 is 2.28 bits per heavy atom. The van der Waals surface area contributed by atoms with Gasteiger partial charge in [-0.1, -0.05) is 12.1 Å². The molecule has 94 valence electrons. The number of anilines is 1. The number of carbonyl (C=O) groups is 1. The van der Waals surface area contributed by atoms with Crippen molar-refractivity contribution in [2.24, 2.45) is 0 Å². The number of benzene rings is 1. The second-order valence-electron chi connectivity index (χ2n) is 3.35. The quantitative estimate of drug-likeness (QED) is 0.877. The molecule has 0 aliphatic carbocycles. The van der Waals surface area contributed by atoms with Gasteiger partial charge in [-0.05, 0) is 35.0 Å². The average Bonchev–Trinajstić information content (AvgIpc) is 2.76. The van der Waals surface area contributed by atoms with E-state index >= 15 is 0 Å². The van der Waals surface area contributed by atoms with Gasteiger partial charge in [0.25, 0.3) is 5.91 Å². The lowest BCUT2D eigenvalue weighted by Crippen LogP contribution is -2.13. The van der Waals surface area contributed by atoms with Gasteiger partial charge in [0.1, 0.15) is 17.1 Å². The maximum absolute atomic E-state index is 12.1. The number of nitrogens with zero attached hydrogens (tertiary/aromatic N) is 2. The first kappa shape index (κ1) is 13.0. The molecule has 1 aromatic carbocycles. The predicted molar refractivity (Wildman–Crippen MR) is 73.5 cm³/mol. The van der Waals surface area contributed by atoms with Crippen LogP contribution < -0.4 is 10.1 Å². The molecule has 7 heteroatoms. The van der Waals surface area contributed by atoms with Crippen molar-refractivity contribution in [2.45, 2.75) is 6.92 Å². The van der Waals surface area contributed by atoms with E-state index in [-0.39, 0.29) is 5.91 Å². The lowest BCUT2D eigenvalue weighted by atomic mass is 10.2. The summed E-state index contributed by atoms with van der Waals surface area (Å²) >= 11 is 4.31. The molecule has 2 aromatic rings. The van der Waals surface area contributed by atoms with E-state index in [9.17, 15) is 4.79 Å². The molecule has 0 saturated carbocycles. The molecule has 0 aliphatic heterocycles. The number of hydrogen-bond donors (Lipinski definition) is 1. The third kappa shape index (κ3) is 3.05. The fourth-order valence-corrected chi connectivity index (χ4v) is 2.17. The minimum absolute atomic E-state index is 0.261. The molecule has 5 nitrogen and oxygen atoms in total. The molecule has 18 heavy (non-hydrogen) atoms. The van der Waals surface area contributed by atoms with E-state index in [0.29, 0.717) is 27.8 Å². The highest BCUT2D eigenvalue weighted by molar-refractivity contribution is 9.09. The third-order valence-electron chi connectivity index (χ3n) is 2.09. The van der Waals surface area contributed by atoms with E-state index in [1.54, 1.807) is 25.1 Å². The van der Waals surface area contributed by atoms with Crippen LogP contribution in [0.15, 0.2) is 24.3 Å². The summed E-state index contributed by atoms with van der Waals surface area (Å²) in [4.78, 5) is 16.1. The van der Waals surface area contributed by atoms with E-state index in [1.807, 2.05) is 6.07 Å². The Balaban J connectivity index is 2.18. The van der Waals surface area contributed by atoms with E-state index < -0.39 is 0 Å². The second-order valence-corrected chi connectivity index (χ2v) is 4.56. The zero-order chi connectivity index (χ0) is 13.0. The number of hydrogen-bond acceptors (Lipinski definition) is 5. The van der Waals surface area contributed by atoms with Crippen molar-refractivity contribution in [1.82, 2.24) is 9.36 Å². The van der Waals surface area contributed by atoms with Crippen molar-refractivity contribution < 1.29 is 9.53 Å². The van der Waals surface area contributed by atoms with Crippen molar-refractivity contribution in [3.63, 3.8) is 0 Å². The number of para-hydroxylation sites is 1. The number of ether oxygens (including phenoxy) is 1. The minimum Gasteiger partial charge on any atom is -0.482 e. The lowest BCUT2D eigenvalue weighted by molar-refractivity contribution is 0.102. The van der Waals surface area contributed by atoms with Crippen molar-refractivity contribution in [1.29, 1.82) is 0 Å². The van der Waals surface area contributed by atoms with Crippen molar-refractivity contribution in [2.75, 3.05) is 10.8 Å². The van der Waals surface area contributed by atoms with E-state index in [4.69, 9.17) is 4.74 Å². The van der Waals surface area contributed by atoms with Crippen LogP contribution in [-0.4, -0.2) is 20.8 Å². The Bertz CT molecular complexity index is 559. The fourth-order valence-electron chi connectivity index (χ4n) is 1.35. The molecule has 0 unspecified atom stereocenters. The molecule has 0 bridgehead atoms. The normalized spacial score (nSPS) is 10.1. The van der Waals surface area contributed by atoms with Crippen LogP contribution in [0, 0.1) is 6.92 Å². The smallest absolute Gasteiger partial charge is 0.261 e. The largest absolute Gasteiger partial charge is 0.482 e. The molecule has 1 aromatic heterocycles. The standard InChI is InChI=1S/C11H10BrN3O2S/c1-7-13-11(18-15-7)14-10(16)8-4-2-3-5-9(8)17-6-12/h2-5H,6H2,1H3,(H,13,14,15,16). The summed E-state index contributed by atoms with van der Waals surface area (Å²) in [5, 5.41) is 3.17. The maximum Gasteiger partial charge on any atom is 0.261 e. The molecule has 0 atom stereocenters. The number of amides is 1. The number of halogens is 1. The van der Waals surface area contributed by atoms with Gasteiger partial charge in [-0.3, -0.25) is 10.1 Å². The zero-order valence-corrected chi connectivity index (χ0v) is 11.9. The van der Waals surface area contributed by atoms with Gasteiger partial charge in [-0.15, -0.1) is 0 Å². The number of aromatic nitrogens is 2. The monoisotopic (exact) mass is 327 g/mol. The molecule has 1 amide bonds.